The van der Waals surface area contributed by atoms with Crippen LogP contribution in [0.5, 0.6) is 11.5 Å². The van der Waals surface area contributed by atoms with Gasteiger partial charge in [-0.25, -0.2) is 4.63 Å². The van der Waals surface area contributed by atoms with Crippen molar-refractivity contribution in [2.45, 2.75) is 39.4 Å². The first kappa shape index (κ1) is 13.6. The number of carbonyl (C=O) groups is 1. The molecule has 1 aliphatic rings. The molecule has 110 valence electrons. The Labute approximate surface area is 122 Å². The SMILES string of the molecule is Cc1nonc1COc1ccc2c(c1)OC(C)(C)CC2=O. The Kier molecular flexibility index (Phi) is 3.16. The molecule has 0 bridgehead atoms. The second-order valence-electron chi connectivity index (χ2n) is 5.70. The van der Waals surface area contributed by atoms with Crippen molar-refractivity contribution >= 4 is 5.78 Å². The molecule has 6 heteroatoms. The molecule has 0 fully saturated rings. The highest BCUT2D eigenvalue weighted by Gasteiger charge is 2.32. The summed E-state index contributed by atoms with van der Waals surface area (Å²) in [6, 6.07) is 5.22. The maximum Gasteiger partial charge on any atom is 0.170 e. The van der Waals surface area contributed by atoms with Gasteiger partial charge >= 0.3 is 0 Å². The lowest BCUT2D eigenvalue weighted by atomic mass is 9.93. The summed E-state index contributed by atoms with van der Waals surface area (Å²) in [6.45, 7) is 5.84. The van der Waals surface area contributed by atoms with E-state index in [9.17, 15) is 4.79 Å². The predicted molar refractivity (Wildman–Crippen MR) is 73.5 cm³/mol. The average molecular weight is 288 g/mol. The normalized spacial score (nSPS) is 16.2. The summed E-state index contributed by atoms with van der Waals surface area (Å²) in [7, 11) is 0. The third-order valence-electron chi connectivity index (χ3n) is 3.35. The molecule has 0 saturated carbocycles. The van der Waals surface area contributed by atoms with Crippen molar-refractivity contribution in [1.82, 2.24) is 10.3 Å². The third kappa shape index (κ3) is 2.74. The minimum Gasteiger partial charge on any atom is -0.487 e. The number of carbonyl (C=O) groups excluding carboxylic acids is 1. The largest absolute Gasteiger partial charge is 0.487 e. The Bertz CT molecular complexity index is 691. The number of benzene rings is 1. The van der Waals surface area contributed by atoms with Gasteiger partial charge in [-0.15, -0.1) is 0 Å². The van der Waals surface area contributed by atoms with E-state index in [0.717, 1.165) is 0 Å². The van der Waals surface area contributed by atoms with Crippen LogP contribution in [-0.4, -0.2) is 21.7 Å². The molecule has 0 atom stereocenters. The van der Waals surface area contributed by atoms with E-state index in [-0.39, 0.29) is 12.4 Å². The molecule has 2 aromatic rings. The molecule has 2 heterocycles. The van der Waals surface area contributed by atoms with E-state index in [2.05, 4.69) is 14.9 Å². The predicted octanol–water partition coefficient (Wildman–Crippen LogP) is 2.70. The van der Waals surface area contributed by atoms with Gasteiger partial charge in [-0.1, -0.05) is 10.3 Å². The summed E-state index contributed by atoms with van der Waals surface area (Å²) >= 11 is 0. The van der Waals surface area contributed by atoms with Gasteiger partial charge in [-0.3, -0.25) is 4.79 Å². The number of aryl methyl sites for hydroxylation is 1. The van der Waals surface area contributed by atoms with Crippen LogP contribution in [0.15, 0.2) is 22.8 Å². The molecule has 0 radical (unpaired) electrons. The molecule has 1 aromatic carbocycles. The first-order valence-electron chi connectivity index (χ1n) is 6.72. The van der Waals surface area contributed by atoms with Crippen molar-refractivity contribution in [3.63, 3.8) is 0 Å². The van der Waals surface area contributed by atoms with Crippen molar-refractivity contribution < 1.29 is 18.9 Å². The summed E-state index contributed by atoms with van der Waals surface area (Å²) in [5.41, 5.74) is 1.45. The van der Waals surface area contributed by atoms with Crippen LogP contribution in [0.4, 0.5) is 0 Å². The van der Waals surface area contributed by atoms with Crippen molar-refractivity contribution in [3.8, 4) is 11.5 Å². The van der Waals surface area contributed by atoms with Crippen LogP contribution >= 0.6 is 0 Å². The molecule has 0 amide bonds. The number of hydrogen-bond donors (Lipinski definition) is 0. The molecule has 0 aliphatic carbocycles. The smallest absolute Gasteiger partial charge is 0.170 e. The number of nitrogens with zero attached hydrogens (tertiary/aromatic N) is 2. The van der Waals surface area contributed by atoms with Crippen LogP contribution in [0.3, 0.4) is 0 Å². The van der Waals surface area contributed by atoms with Gasteiger partial charge in [0, 0.05) is 6.07 Å². The second kappa shape index (κ2) is 4.87. The number of hydrogen-bond acceptors (Lipinski definition) is 6. The van der Waals surface area contributed by atoms with Gasteiger partial charge in [0.1, 0.15) is 35.1 Å². The first-order valence-corrected chi connectivity index (χ1v) is 6.72. The number of rotatable bonds is 3. The lowest BCUT2D eigenvalue weighted by molar-refractivity contribution is 0.0618. The fraction of sp³-hybridized carbons (Fsp3) is 0.400. The number of ether oxygens (including phenoxy) is 2. The maximum absolute atomic E-state index is 12.1. The van der Waals surface area contributed by atoms with Crippen molar-refractivity contribution in [1.29, 1.82) is 0 Å². The van der Waals surface area contributed by atoms with Crippen LogP contribution in [0.25, 0.3) is 0 Å². The lowest BCUT2D eigenvalue weighted by Gasteiger charge is -2.31. The Hall–Kier alpha value is -2.37. The van der Waals surface area contributed by atoms with Gasteiger partial charge < -0.3 is 9.47 Å². The topological polar surface area (TPSA) is 74.5 Å². The van der Waals surface area contributed by atoms with Gasteiger partial charge in [0.25, 0.3) is 0 Å². The molecular formula is C15H16N2O4. The van der Waals surface area contributed by atoms with E-state index in [4.69, 9.17) is 9.47 Å². The summed E-state index contributed by atoms with van der Waals surface area (Å²) in [5, 5.41) is 7.45. The summed E-state index contributed by atoms with van der Waals surface area (Å²) in [4.78, 5) is 12.1. The van der Waals surface area contributed by atoms with Crippen LogP contribution in [0.2, 0.25) is 0 Å². The minimum absolute atomic E-state index is 0.0874. The molecule has 6 nitrogen and oxygen atoms in total. The molecule has 0 spiro atoms. The van der Waals surface area contributed by atoms with E-state index in [1.54, 1.807) is 25.1 Å². The highest BCUT2D eigenvalue weighted by Crippen LogP contribution is 2.35. The molecular weight excluding hydrogens is 272 g/mol. The van der Waals surface area contributed by atoms with E-state index in [1.165, 1.54) is 0 Å². The Morgan fingerprint density at radius 2 is 2.14 bits per heavy atom. The third-order valence-corrected chi connectivity index (χ3v) is 3.35. The average Bonchev–Trinajstić information content (AvgIpc) is 2.80. The molecule has 0 saturated heterocycles. The highest BCUT2D eigenvalue weighted by atomic mass is 16.6. The van der Waals surface area contributed by atoms with Crippen LogP contribution in [0, 0.1) is 6.92 Å². The number of fused-ring (bicyclic) bond motifs is 1. The Morgan fingerprint density at radius 3 is 2.86 bits per heavy atom. The molecule has 0 N–H and O–H groups in total. The van der Waals surface area contributed by atoms with Gasteiger partial charge in [0.15, 0.2) is 5.78 Å². The second-order valence-corrected chi connectivity index (χ2v) is 5.70. The fourth-order valence-corrected chi connectivity index (χ4v) is 2.26. The summed E-state index contributed by atoms with van der Waals surface area (Å²) < 4.78 is 16.1. The van der Waals surface area contributed by atoms with Gasteiger partial charge in [0.2, 0.25) is 0 Å². The summed E-state index contributed by atoms with van der Waals surface area (Å²) in [5.74, 6) is 1.26. The van der Waals surface area contributed by atoms with Gasteiger partial charge in [-0.05, 0) is 32.9 Å². The maximum atomic E-state index is 12.1. The van der Waals surface area contributed by atoms with Gasteiger partial charge in [-0.2, -0.15) is 0 Å². The quantitative estimate of drug-likeness (QED) is 0.864. The lowest BCUT2D eigenvalue weighted by Crippen LogP contribution is -2.35. The van der Waals surface area contributed by atoms with Crippen molar-refractivity contribution in [2.24, 2.45) is 0 Å². The van der Waals surface area contributed by atoms with E-state index < -0.39 is 5.60 Å². The van der Waals surface area contributed by atoms with E-state index in [1.807, 2.05) is 13.8 Å². The Morgan fingerprint density at radius 1 is 1.33 bits per heavy atom. The molecule has 3 rings (SSSR count). The Balaban J connectivity index is 1.80. The van der Waals surface area contributed by atoms with E-state index >= 15 is 0 Å². The zero-order valence-corrected chi connectivity index (χ0v) is 12.2. The summed E-state index contributed by atoms with van der Waals surface area (Å²) in [6.07, 6.45) is 0.379. The van der Waals surface area contributed by atoms with Crippen LogP contribution in [0.1, 0.15) is 42.0 Å². The molecule has 1 aliphatic heterocycles. The monoisotopic (exact) mass is 288 g/mol. The zero-order chi connectivity index (χ0) is 15.0. The molecule has 1 aromatic heterocycles. The zero-order valence-electron chi connectivity index (χ0n) is 12.2. The molecule has 21 heavy (non-hydrogen) atoms. The fourth-order valence-electron chi connectivity index (χ4n) is 2.26. The highest BCUT2D eigenvalue weighted by molar-refractivity contribution is 6.00. The van der Waals surface area contributed by atoms with E-state index in [0.29, 0.717) is 34.9 Å². The number of ketones is 1. The van der Waals surface area contributed by atoms with Crippen molar-refractivity contribution in [2.75, 3.05) is 0 Å². The van der Waals surface area contributed by atoms with Crippen LogP contribution < -0.4 is 9.47 Å². The number of Topliss-reactive ketones (excluding diaryl/α,β-unsaturated/α-hetero) is 1. The van der Waals surface area contributed by atoms with Crippen molar-refractivity contribution in [3.05, 3.63) is 35.2 Å². The standard InChI is InChI=1S/C15H16N2O4/c1-9-12(17-21-16-9)8-19-10-4-5-11-13(18)7-15(2,3)20-14(11)6-10/h4-6H,7-8H2,1-3H3. The first-order chi connectivity index (χ1) is 9.94. The molecule has 0 unspecified atom stereocenters. The van der Waals surface area contributed by atoms with Crippen LogP contribution in [-0.2, 0) is 6.61 Å². The number of aromatic nitrogens is 2. The van der Waals surface area contributed by atoms with Gasteiger partial charge in [0.05, 0.1) is 12.0 Å². The minimum atomic E-state index is -0.491.